The van der Waals surface area contributed by atoms with Gasteiger partial charge in [0.2, 0.25) is 0 Å². The minimum atomic E-state index is -0.901. The van der Waals surface area contributed by atoms with Gasteiger partial charge in [-0.15, -0.1) is 0 Å². The van der Waals surface area contributed by atoms with Crippen LogP contribution in [0.2, 0.25) is 0 Å². The van der Waals surface area contributed by atoms with Crippen molar-refractivity contribution in [2.75, 3.05) is 13.1 Å². The second kappa shape index (κ2) is 4.67. The van der Waals surface area contributed by atoms with Crippen LogP contribution in [0.4, 0.5) is 4.79 Å². The summed E-state index contributed by atoms with van der Waals surface area (Å²) >= 11 is 0. The first-order valence-electron chi connectivity index (χ1n) is 5.78. The molecule has 1 aliphatic heterocycles. The van der Waals surface area contributed by atoms with Crippen molar-refractivity contribution >= 4 is 11.9 Å². The summed E-state index contributed by atoms with van der Waals surface area (Å²) in [5.41, 5.74) is 0.963. The monoisotopic (exact) mass is 234 g/mol. The minimum absolute atomic E-state index is 0.0505. The Labute approximate surface area is 100 Å². The van der Waals surface area contributed by atoms with Gasteiger partial charge in [0.05, 0.1) is 6.54 Å². The van der Waals surface area contributed by atoms with E-state index in [1.807, 2.05) is 30.3 Å². The molecule has 1 aromatic rings. The molecule has 1 saturated heterocycles. The summed E-state index contributed by atoms with van der Waals surface area (Å²) in [6, 6.07) is 9.49. The molecule has 4 nitrogen and oxygen atoms in total. The van der Waals surface area contributed by atoms with Crippen LogP contribution in [0.5, 0.6) is 0 Å². The molecule has 90 valence electrons. The van der Waals surface area contributed by atoms with E-state index in [1.54, 1.807) is 0 Å². The van der Waals surface area contributed by atoms with Gasteiger partial charge in [-0.1, -0.05) is 30.3 Å². The lowest BCUT2D eigenvalue weighted by molar-refractivity contribution is -0.865. The van der Waals surface area contributed by atoms with Crippen molar-refractivity contribution in [3.63, 3.8) is 0 Å². The van der Waals surface area contributed by atoms with Crippen molar-refractivity contribution < 1.29 is 19.2 Å². The number of piperidine rings is 1. The Hall–Kier alpha value is -1.68. The van der Waals surface area contributed by atoms with Gasteiger partial charge in [0.25, 0.3) is 0 Å². The second-order valence-corrected chi connectivity index (χ2v) is 4.60. The molecule has 1 fully saturated rings. The molecule has 0 aromatic heterocycles. The zero-order chi connectivity index (χ0) is 12.3. The molecule has 0 saturated carbocycles. The molecule has 1 N–H and O–H groups in total. The van der Waals surface area contributed by atoms with Crippen LogP contribution >= 0.6 is 0 Å². The molecular formula is C13H16NO3+. The molecule has 0 bridgehead atoms. The van der Waals surface area contributed by atoms with Gasteiger partial charge < -0.3 is 5.11 Å². The standard InChI is InChI=1S/C13H15NO3/c15-12-7-4-8-14(10-12,13(16)17)9-11-5-2-1-3-6-11/h1-3,5-6H,4,7-10H2/p+1. The fourth-order valence-corrected chi connectivity index (χ4v) is 2.37. The van der Waals surface area contributed by atoms with E-state index in [9.17, 15) is 14.7 Å². The van der Waals surface area contributed by atoms with Gasteiger partial charge >= 0.3 is 6.09 Å². The highest BCUT2D eigenvalue weighted by molar-refractivity contribution is 5.81. The van der Waals surface area contributed by atoms with E-state index in [0.717, 1.165) is 5.56 Å². The third-order valence-corrected chi connectivity index (χ3v) is 3.25. The molecule has 2 rings (SSSR count). The van der Waals surface area contributed by atoms with Crippen LogP contribution in [0.3, 0.4) is 0 Å². The van der Waals surface area contributed by atoms with E-state index in [2.05, 4.69) is 0 Å². The Morgan fingerprint density at radius 2 is 2.00 bits per heavy atom. The Morgan fingerprint density at radius 1 is 1.29 bits per heavy atom. The minimum Gasteiger partial charge on any atom is -0.435 e. The molecule has 17 heavy (non-hydrogen) atoms. The number of carbonyl (C=O) groups excluding carboxylic acids is 1. The van der Waals surface area contributed by atoms with Gasteiger partial charge in [0.1, 0.15) is 13.1 Å². The number of rotatable bonds is 2. The van der Waals surface area contributed by atoms with Crippen LogP contribution in [-0.4, -0.2) is 34.6 Å². The van der Waals surface area contributed by atoms with Crippen LogP contribution in [0.1, 0.15) is 18.4 Å². The number of carboxylic acid groups (broad SMARTS) is 1. The van der Waals surface area contributed by atoms with Gasteiger partial charge in [-0.05, 0) is 0 Å². The lowest BCUT2D eigenvalue weighted by Gasteiger charge is -2.34. The number of carbonyl (C=O) groups is 2. The largest absolute Gasteiger partial charge is 0.514 e. The average molecular weight is 234 g/mol. The summed E-state index contributed by atoms with van der Waals surface area (Å²) in [6.45, 7) is 1.04. The molecule has 1 atom stereocenters. The maximum atomic E-state index is 11.5. The highest BCUT2D eigenvalue weighted by Crippen LogP contribution is 2.21. The lowest BCUT2D eigenvalue weighted by atomic mass is 10.1. The van der Waals surface area contributed by atoms with E-state index in [4.69, 9.17) is 0 Å². The SMILES string of the molecule is O=C1CCC[N+](Cc2ccccc2)(C(=O)O)C1. The van der Waals surface area contributed by atoms with Gasteiger partial charge in [0.15, 0.2) is 5.78 Å². The number of Topliss-reactive ketones (excluding diaryl/α,β-unsaturated/α-hetero) is 1. The molecule has 1 unspecified atom stereocenters. The van der Waals surface area contributed by atoms with Crippen LogP contribution in [-0.2, 0) is 11.3 Å². The summed E-state index contributed by atoms with van der Waals surface area (Å²) in [5, 5.41) is 9.39. The van der Waals surface area contributed by atoms with Crippen LogP contribution in [0, 0.1) is 0 Å². The topological polar surface area (TPSA) is 54.4 Å². The quantitative estimate of drug-likeness (QED) is 0.797. The third-order valence-electron chi connectivity index (χ3n) is 3.25. The van der Waals surface area contributed by atoms with E-state index >= 15 is 0 Å². The van der Waals surface area contributed by atoms with E-state index in [-0.39, 0.29) is 16.8 Å². The first kappa shape index (κ1) is 11.8. The average Bonchev–Trinajstić information content (AvgIpc) is 2.30. The maximum absolute atomic E-state index is 11.5. The molecule has 4 heteroatoms. The van der Waals surface area contributed by atoms with Crippen LogP contribution in [0.15, 0.2) is 30.3 Å². The van der Waals surface area contributed by atoms with Gasteiger partial charge in [-0.3, -0.25) is 4.79 Å². The summed E-state index contributed by atoms with van der Waals surface area (Å²) in [4.78, 5) is 22.9. The molecule has 1 amide bonds. The highest BCUT2D eigenvalue weighted by Gasteiger charge is 2.41. The van der Waals surface area contributed by atoms with Gasteiger partial charge in [-0.2, -0.15) is 4.79 Å². The van der Waals surface area contributed by atoms with Gasteiger partial charge in [-0.25, -0.2) is 4.48 Å². The predicted octanol–water partition coefficient (Wildman–Crippen LogP) is 2.04. The molecule has 1 aliphatic rings. The van der Waals surface area contributed by atoms with Crippen molar-refractivity contribution in [3.8, 4) is 0 Å². The first-order chi connectivity index (χ1) is 8.12. The highest BCUT2D eigenvalue weighted by atomic mass is 16.4. The number of amides is 1. The Kier molecular flexibility index (Phi) is 3.24. The normalized spacial score (nSPS) is 24.6. The fourth-order valence-electron chi connectivity index (χ4n) is 2.37. The van der Waals surface area contributed by atoms with Gasteiger partial charge in [0, 0.05) is 18.4 Å². The number of hydrogen-bond acceptors (Lipinski definition) is 2. The zero-order valence-electron chi connectivity index (χ0n) is 9.63. The Bertz CT molecular complexity index is 430. The summed E-state index contributed by atoms with van der Waals surface area (Å²) in [5.74, 6) is 0.0505. The van der Waals surface area contributed by atoms with E-state index in [1.165, 1.54) is 0 Å². The van der Waals surface area contributed by atoms with Crippen molar-refractivity contribution in [1.29, 1.82) is 0 Å². The van der Waals surface area contributed by atoms with Crippen LogP contribution < -0.4 is 0 Å². The second-order valence-electron chi connectivity index (χ2n) is 4.60. The zero-order valence-corrected chi connectivity index (χ0v) is 9.63. The number of nitrogens with zero attached hydrogens (tertiary/aromatic N) is 1. The maximum Gasteiger partial charge on any atom is 0.514 e. The number of quaternary nitrogens is 1. The smallest absolute Gasteiger partial charge is 0.435 e. The summed E-state index contributed by atoms with van der Waals surface area (Å²) in [6.07, 6.45) is 0.280. The fraction of sp³-hybridized carbons (Fsp3) is 0.385. The lowest BCUT2D eigenvalue weighted by Crippen LogP contribution is -2.57. The number of hydrogen-bond donors (Lipinski definition) is 1. The Morgan fingerprint density at radius 3 is 2.59 bits per heavy atom. The summed E-state index contributed by atoms with van der Waals surface area (Å²) in [7, 11) is 0. The molecule has 1 aromatic carbocycles. The molecule has 0 radical (unpaired) electrons. The van der Waals surface area contributed by atoms with Crippen molar-refractivity contribution in [2.24, 2.45) is 0 Å². The molecule has 1 heterocycles. The first-order valence-corrected chi connectivity index (χ1v) is 5.78. The summed E-state index contributed by atoms with van der Waals surface area (Å²) < 4.78 is -0.150. The number of ketones is 1. The predicted molar refractivity (Wildman–Crippen MR) is 62.4 cm³/mol. The van der Waals surface area contributed by atoms with E-state index < -0.39 is 6.09 Å². The van der Waals surface area contributed by atoms with Crippen molar-refractivity contribution in [1.82, 2.24) is 0 Å². The van der Waals surface area contributed by atoms with Crippen LogP contribution in [0.25, 0.3) is 0 Å². The van der Waals surface area contributed by atoms with Crippen molar-refractivity contribution in [3.05, 3.63) is 35.9 Å². The molecule has 0 spiro atoms. The van der Waals surface area contributed by atoms with Crippen molar-refractivity contribution in [2.45, 2.75) is 19.4 Å². The Balaban J connectivity index is 2.23. The number of benzene rings is 1. The third kappa shape index (κ3) is 2.53. The molecular weight excluding hydrogens is 218 g/mol. The molecule has 0 aliphatic carbocycles. The number of likely N-dealkylation sites (tertiary alicyclic amines) is 1. The van der Waals surface area contributed by atoms with E-state index in [0.29, 0.717) is 25.9 Å².